The number of aromatic nitrogens is 1. The number of carbonyl (C=O) groups is 1. The number of rotatable bonds is 4. The largest absolute Gasteiger partial charge is 0.493 e. The van der Waals surface area contributed by atoms with E-state index in [0.29, 0.717) is 31.1 Å². The van der Waals surface area contributed by atoms with Crippen molar-refractivity contribution in [2.24, 2.45) is 5.73 Å². The zero-order chi connectivity index (χ0) is 16.4. The number of ether oxygens (including phenoxy) is 2. The van der Waals surface area contributed by atoms with Crippen molar-refractivity contribution >= 4 is 17.2 Å². The van der Waals surface area contributed by atoms with E-state index in [-0.39, 0.29) is 5.91 Å². The zero-order valence-electron chi connectivity index (χ0n) is 13.2. The van der Waals surface area contributed by atoms with Crippen molar-refractivity contribution in [2.45, 2.75) is 19.5 Å². The molecule has 1 aliphatic rings. The van der Waals surface area contributed by atoms with Gasteiger partial charge in [0.15, 0.2) is 11.5 Å². The van der Waals surface area contributed by atoms with E-state index in [4.69, 9.17) is 15.2 Å². The first kappa shape index (κ1) is 15.8. The van der Waals surface area contributed by atoms with Crippen LogP contribution in [0, 0.1) is 0 Å². The smallest absolute Gasteiger partial charge is 0.273 e. The summed E-state index contributed by atoms with van der Waals surface area (Å²) in [4.78, 5) is 18.7. The summed E-state index contributed by atoms with van der Waals surface area (Å²) in [5, 5.41) is 2.55. The maximum atomic E-state index is 12.6. The Balaban J connectivity index is 1.83. The first-order valence-electron chi connectivity index (χ1n) is 7.33. The summed E-state index contributed by atoms with van der Waals surface area (Å²) in [6.07, 6.45) is 0.787. The molecule has 0 radical (unpaired) electrons. The number of carbonyl (C=O) groups excluding carboxylic acids is 1. The highest BCUT2D eigenvalue weighted by Gasteiger charge is 2.25. The zero-order valence-corrected chi connectivity index (χ0v) is 14.0. The Hall–Kier alpha value is -2.12. The van der Waals surface area contributed by atoms with E-state index in [9.17, 15) is 4.79 Å². The molecular weight excluding hydrogens is 314 g/mol. The molecule has 0 atom stereocenters. The lowest BCUT2D eigenvalue weighted by Crippen LogP contribution is -2.36. The molecule has 1 aromatic carbocycles. The Kier molecular flexibility index (Phi) is 4.49. The number of nitrogens with zero attached hydrogens (tertiary/aromatic N) is 2. The van der Waals surface area contributed by atoms with Crippen LogP contribution in [0.4, 0.5) is 0 Å². The van der Waals surface area contributed by atoms with Gasteiger partial charge in [0.25, 0.3) is 5.91 Å². The van der Waals surface area contributed by atoms with E-state index in [0.717, 1.165) is 22.7 Å². The lowest BCUT2D eigenvalue weighted by Gasteiger charge is -2.29. The van der Waals surface area contributed by atoms with Gasteiger partial charge in [0.05, 0.1) is 14.2 Å². The number of fused-ring (bicyclic) bond motifs is 1. The SMILES string of the molecule is COc1cc2c(cc1OC)CN(C(=O)c1csc(CN)n1)CC2. The van der Waals surface area contributed by atoms with Crippen LogP contribution in [0.25, 0.3) is 0 Å². The average molecular weight is 333 g/mol. The molecule has 6 nitrogen and oxygen atoms in total. The van der Waals surface area contributed by atoms with Gasteiger partial charge in [0.1, 0.15) is 10.7 Å². The number of methoxy groups -OCH3 is 2. The van der Waals surface area contributed by atoms with Gasteiger partial charge < -0.3 is 20.1 Å². The molecule has 0 fully saturated rings. The van der Waals surface area contributed by atoms with E-state index < -0.39 is 0 Å². The summed E-state index contributed by atoms with van der Waals surface area (Å²) in [5.41, 5.74) is 8.30. The van der Waals surface area contributed by atoms with Crippen LogP contribution >= 0.6 is 11.3 Å². The number of amides is 1. The van der Waals surface area contributed by atoms with E-state index in [2.05, 4.69) is 4.98 Å². The molecule has 0 saturated heterocycles. The van der Waals surface area contributed by atoms with Gasteiger partial charge in [-0.2, -0.15) is 0 Å². The van der Waals surface area contributed by atoms with Crippen LogP contribution in [0.15, 0.2) is 17.5 Å². The second-order valence-electron chi connectivity index (χ2n) is 5.28. The molecule has 0 bridgehead atoms. The maximum absolute atomic E-state index is 12.6. The van der Waals surface area contributed by atoms with Gasteiger partial charge in [-0.15, -0.1) is 11.3 Å². The molecule has 0 saturated carbocycles. The van der Waals surface area contributed by atoms with Crippen molar-refractivity contribution in [1.82, 2.24) is 9.88 Å². The van der Waals surface area contributed by atoms with Crippen LogP contribution in [0.1, 0.15) is 26.6 Å². The molecule has 0 unspecified atom stereocenters. The van der Waals surface area contributed by atoms with Crippen LogP contribution in [0.2, 0.25) is 0 Å². The first-order valence-corrected chi connectivity index (χ1v) is 8.21. The third-order valence-corrected chi connectivity index (χ3v) is 4.82. The van der Waals surface area contributed by atoms with Gasteiger partial charge in [-0.05, 0) is 29.7 Å². The Bertz CT molecular complexity index is 729. The average Bonchev–Trinajstić information content (AvgIpc) is 3.08. The molecule has 122 valence electrons. The highest BCUT2D eigenvalue weighted by molar-refractivity contribution is 7.09. The van der Waals surface area contributed by atoms with Gasteiger partial charge in [-0.3, -0.25) is 4.79 Å². The lowest BCUT2D eigenvalue weighted by atomic mass is 9.98. The monoisotopic (exact) mass is 333 g/mol. The van der Waals surface area contributed by atoms with E-state index in [1.54, 1.807) is 19.6 Å². The summed E-state index contributed by atoms with van der Waals surface area (Å²) in [5.74, 6) is 1.35. The predicted molar refractivity (Wildman–Crippen MR) is 88.0 cm³/mol. The van der Waals surface area contributed by atoms with Gasteiger partial charge in [0.2, 0.25) is 0 Å². The van der Waals surface area contributed by atoms with Crippen molar-refractivity contribution in [1.29, 1.82) is 0 Å². The molecule has 1 aromatic heterocycles. The highest BCUT2D eigenvalue weighted by atomic mass is 32.1. The van der Waals surface area contributed by atoms with Crippen molar-refractivity contribution in [3.63, 3.8) is 0 Å². The Morgan fingerprint density at radius 3 is 2.61 bits per heavy atom. The van der Waals surface area contributed by atoms with Gasteiger partial charge in [-0.1, -0.05) is 0 Å². The summed E-state index contributed by atoms with van der Waals surface area (Å²) >= 11 is 1.42. The second-order valence-corrected chi connectivity index (χ2v) is 6.23. The molecular formula is C16H19N3O3S. The fourth-order valence-corrected chi connectivity index (χ4v) is 3.37. The topological polar surface area (TPSA) is 77.7 Å². The minimum atomic E-state index is -0.0543. The standard InChI is InChI=1S/C16H19N3O3S/c1-21-13-5-10-3-4-19(8-11(10)6-14(13)22-2)16(20)12-9-23-15(7-17)18-12/h5-6,9H,3-4,7-8,17H2,1-2H3. The van der Waals surface area contributed by atoms with E-state index in [1.807, 2.05) is 17.0 Å². The summed E-state index contributed by atoms with van der Waals surface area (Å²) in [6, 6.07) is 3.94. The molecule has 2 aromatic rings. The molecule has 2 N–H and O–H groups in total. The molecule has 0 aliphatic carbocycles. The number of hydrogen-bond acceptors (Lipinski definition) is 6. The molecule has 0 spiro atoms. The Morgan fingerprint density at radius 1 is 1.30 bits per heavy atom. The first-order chi connectivity index (χ1) is 11.2. The molecule has 23 heavy (non-hydrogen) atoms. The lowest BCUT2D eigenvalue weighted by molar-refractivity contribution is 0.0729. The van der Waals surface area contributed by atoms with Crippen LogP contribution in [-0.2, 0) is 19.5 Å². The van der Waals surface area contributed by atoms with E-state index in [1.165, 1.54) is 16.9 Å². The molecule has 2 heterocycles. The van der Waals surface area contributed by atoms with Crippen molar-refractivity contribution < 1.29 is 14.3 Å². The van der Waals surface area contributed by atoms with Crippen LogP contribution in [0.5, 0.6) is 11.5 Å². The molecule has 7 heteroatoms. The molecule has 1 amide bonds. The summed E-state index contributed by atoms with van der Waals surface area (Å²) in [6.45, 7) is 1.57. The Morgan fingerprint density at radius 2 is 2.00 bits per heavy atom. The second kappa shape index (κ2) is 6.55. The molecule has 1 aliphatic heterocycles. The third kappa shape index (κ3) is 3.02. The highest BCUT2D eigenvalue weighted by Crippen LogP contribution is 2.33. The predicted octanol–water partition coefficient (Wildman–Crippen LogP) is 1.82. The number of nitrogens with two attached hydrogens (primary N) is 1. The fraction of sp³-hybridized carbons (Fsp3) is 0.375. The van der Waals surface area contributed by atoms with Crippen molar-refractivity contribution in [3.05, 3.63) is 39.3 Å². The summed E-state index contributed by atoms with van der Waals surface area (Å²) < 4.78 is 10.7. The maximum Gasteiger partial charge on any atom is 0.273 e. The van der Waals surface area contributed by atoms with Crippen LogP contribution < -0.4 is 15.2 Å². The minimum absolute atomic E-state index is 0.0543. The van der Waals surface area contributed by atoms with Crippen molar-refractivity contribution in [3.8, 4) is 11.5 Å². The van der Waals surface area contributed by atoms with Crippen LogP contribution in [-0.4, -0.2) is 36.6 Å². The van der Waals surface area contributed by atoms with Gasteiger partial charge in [-0.25, -0.2) is 4.98 Å². The van der Waals surface area contributed by atoms with Gasteiger partial charge in [0, 0.05) is 25.0 Å². The minimum Gasteiger partial charge on any atom is -0.493 e. The van der Waals surface area contributed by atoms with Crippen LogP contribution in [0.3, 0.4) is 0 Å². The number of thiazole rings is 1. The van der Waals surface area contributed by atoms with Crippen molar-refractivity contribution in [2.75, 3.05) is 20.8 Å². The molecule has 3 rings (SSSR count). The third-order valence-electron chi connectivity index (χ3n) is 3.95. The fourth-order valence-electron chi connectivity index (χ4n) is 2.72. The summed E-state index contributed by atoms with van der Waals surface area (Å²) in [7, 11) is 3.24. The quantitative estimate of drug-likeness (QED) is 0.923. The van der Waals surface area contributed by atoms with E-state index >= 15 is 0 Å². The number of benzene rings is 1. The Labute approximate surface area is 138 Å². The number of hydrogen-bond donors (Lipinski definition) is 1. The normalized spacial score (nSPS) is 13.6. The van der Waals surface area contributed by atoms with Gasteiger partial charge >= 0.3 is 0 Å².